The number of unbranched alkanes of at least 4 members (excludes halogenated alkanes) is 9. The lowest BCUT2D eigenvalue weighted by Gasteiger charge is -2.10. The largest absolute Gasteiger partial charge is 0.494 e. The second-order valence-electron chi connectivity index (χ2n) is 8.99. The van der Waals surface area contributed by atoms with Gasteiger partial charge in [0.05, 0.1) is 6.61 Å². The molecule has 186 valence electrons. The summed E-state index contributed by atoms with van der Waals surface area (Å²) in [5, 5.41) is 1.81. The van der Waals surface area contributed by atoms with Crippen molar-refractivity contribution in [3.05, 3.63) is 77.9 Å². The van der Waals surface area contributed by atoms with E-state index in [1.165, 1.54) is 57.8 Å². The summed E-state index contributed by atoms with van der Waals surface area (Å²) in [5.41, 5.74) is 5.97. The van der Waals surface area contributed by atoms with Crippen LogP contribution in [0.1, 0.15) is 91.8 Å². The van der Waals surface area contributed by atoms with Gasteiger partial charge in [-0.05, 0) is 47.5 Å². The third-order valence-electron chi connectivity index (χ3n) is 6.21. The maximum Gasteiger partial charge on any atom is 0.270 e. The fraction of sp³-hybridized carbons (Fsp3) is 0.400. The van der Waals surface area contributed by atoms with E-state index in [1.54, 1.807) is 30.3 Å². The number of carbonyl (C=O) groups excluding carboxylic acids is 2. The van der Waals surface area contributed by atoms with Gasteiger partial charge in [0.1, 0.15) is 5.75 Å². The van der Waals surface area contributed by atoms with Gasteiger partial charge in [-0.25, -0.2) is 0 Å². The van der Waals surface area contributed by atoms with E-state index in [0.29, 0.717) is 17.7 Å². The number of carbonyl (C=O) groups is 2. The van der Waals surface area contributed by atoms with E-state index in [4.69, 9.17) is 4.74 Å². The second kappa shape index (κ2) is 14.8. The maximum absolute atomic E-state index is 12.6. The Morgan fingerprint density at radius 2 is 1.26 bits per heavy atom. The smallest absolute Gasteiger partial charge is 0.270 e. The van der Waals surface area contributed by atoms with Gasteiger partial charge in [-0.2, -0.15) is 0 Å². The number of nitrogens with one attached hydrogen (secondary N) is 2. The van der Waals surface area contributed by atoms with Crippen molar-refractivity contribution in [2.45, 2.75) is 71.1 Å². The number of ether oxygens (including phenoxy) is 1. The number of hydrazine groups is 1. The lowest BCUT2D eigenvalue weighted by molar-refractivity contribution is 0.0847. The Morgan fingerprint density at radius 1 is 0.657 bits per heavy atom. The van der Waals surface area contributed by atoms with Crippen molar-refractivity contribution in [2.24, 2.45) is 0 Å². The normalized spacial score (nSPS) is 10.8. The Labute approximate surface area is 209 Å². The highest BCUT2D eigenvalue weighted by Crippen LogP contribution is 2.18. The molecule has 0 saturated carbocycles. The van der Waals surface area contributed by atoms with E-state index < -0.39 is 0 Å². The number of hydrogen-bond acceptors (Lipinski definition) is 3. The molecule has 2 N–H and O–H groups in total. The Morgan fingerprint density at radius 3 is 1.97 bits per heavy atom. The molecule has 0 unspecified atom stereocenters. The van der Waals surface area contributed by atoms with Crippen LogP contribution in [-0.2, 0) is 0 Å². The van der Waals surface area contributed by atoms with Crippen LogP contribution < -0.4 is 15.6 Å². The molecule has 0 radical (unpaired) electrons. The lowest BCUT2D eigenvalue weighted by Crippen LogP contribution is -2.41. The van der Waals surface area contributed by atoms with Crippen LogP contribution in [0.5, 0.6) is 5.75 Å². The first-order chi connectivity index (χ1) is 17.2. The standard InChI is InChI=1S/C30H38N2O3/c1-2-3-4-5-6-7-8-9-10-13-23-35-26-21-19-25(20-22-26)29(33)31-32-30(34)28-18-14-16-24-15-11-12-17-27(24)28/h11-12,14-22H,2-10,13,23H2,1H3,(H,31,33)(H,32,34). The average Bonchev–Trinajstić information content (AvgIpc) is 2.90. The summed E-state index contributed by atoms with van der Waals surface area (Å²) in [6, 6.07) is 20.2. The maximum atomic E-state index is 12.6. The van der Waals surface area contributed by atoms with Crippen molar-refractivity contribution in [2.75, 3.05) is 6.61 Å². The first kappa shape index (κ1) is 26.3. The fourth-order valence-corrected chi connectivity index (χ4v) is 4.16. The van der Waals surface area contributed by atoms with Crippen molar-refractivity contribution in [3.63, 3.8) is 0 Å². The van der Waals surface area contributed by atoms with Crippen LogP contribution in [0.25, 0.3) is 10.8 Å². The summed E-state index contributed by atoms with van der Waals surface area (Å²) in [6.07, 6.45) is 12.9. The molecule has 5 heteroatoms. The number of rotatable bonds is 14. The van der Waals surface area contributed by atoms with Crippen LogP contribution in [0.15, 0.2) is 66.7 Å². The van der Waals surface area contributed by atoms with Gasteiger partial charge in [-0.1, -0.05) is 101 Å². The third kappa shape index (κ3) is 8.75. The van der Waals surface area contributed by atoms with Gasteiger partial charge in [-0.15, -0.1) is 0 Å². The summed E-state index contributed by atoms with van der Waals surface area (Å²) in [6.45, 7) is 2.94. The van der Waals surface area contributed by atoms with Crippen molar-refractivity contribution < 1.29 is 14.3 Å². The van der Waals surface area contributed by atoms with E-state index in [1.807, 2.05) is 36.4 Å². The zero-order valence-corrected chi connectivity index (χ0v) is 20.9. The first-order valence-corrected chi connectivity index (χ1v) is 13.0. The summed E-state index contributed by atoms with van der Waals surface area (Å²) in [5.74, 6) is 0.0173. The topological polar surface area (TPSA) is 67.4 Å². The molecule has 3 aromatic carbocycles. The Hall–Kier alpha value is -3.34. The fourth-order valence-electron chi connectivity index (χ4n) is 4.16. The summed E-state index contributed by atoms with van der Waals surface area (Å²) in [7, 11) is 0. The van der Waals surface area contributed by atoms with Crippen LogP contribution in [-0.4, -0.2) is 18.4 Å². The molecule has 0 aliphatic carbocycles. The molecule has 0 spiro atoms. The summed E-state index contributed by atoms with van der Waals surface area (Å²) in [4.78, 5) is 25.0. The van der Waals surface area contributed by atoms with E-state index in [9.17, 15) is 9.59 Å². The number of benzene rings is 3. The zero-order chi connectivity index (χ0) is 24.7. The highest BCUT2D eigenvalue weighted by atomic mass is 16.5. The molecule has 0 aliphatic heterocycles. The highest BCUT2D eigenvalue weighted by Gasteiger charge is 2.12. The van der Waals surface area contributed by atoms with Gasteiger partial charge >= 0.3 is 0 Å². The van der Waals surface area contributed by atoms with Crippen LogP contribution in [0.2, 0.25) is 0 Å². The number of fused-ring (bicyclic) bond motifs is 1. The van der Waals surface area contributed by atoms with Crippen LogP contribution in [0.4, 0.5) is 0 Å². The quantitative estimate of drug-likeness (QED) is 0.191. The average molecular weight is 475 g/mol. The van der Waals surface area contributed by atoms with Crippen molar-refractivity contribution in [1.29, 1.82) is 0 Å². The molecule has 3 aromatic rings. The van der Waals surface area contributed by atoms with Crippen molar-refractivity contribution in [1.82, 2.24) is 10.9 Å². The van der Waals surface area contributed by atoms with Gasteiger partial charge in [0.15, 0.2) is 0 Å². The van der Waals surface area contributed by atoms with Crippen molar-refractivity contribution in [3.8, 4) is 5.75 Å². The predicted molar refractivity (Wildman–Crippen MR) is 143 cm³/mol. The molecule has 0 aromatic heterocycles. The van der Waals surface area contributed by atoms with Gasteiger partial charge < -0.3 is 4.74 Å². The van der Waals surface area contributed by atoms with E-state index in [-0.39, 0.29) is 11.8 Å². The van der Waals surface area contributed by atoms with Crippen LogP contribution in [0, 0.1) is 0 Å². The van der Waals surface area contributed by atoms with Gasteiger partial charge in [-0.3, -0.25) is 20.4 Å². The van der Waals surface area contributed by atoms with Crippen LogP contribution >= 0.6 is 0 Å². The number of hydrogen-bond donors (Lipinski definition) is 2. The van der Waals surface area contributed by atoms with Gasteiger partial charge in [0.25, 0.3) is 11.8 Å². The summed E-state index contributed by atoms with van der Waals surface area (Å²) < 4.78 is 5.81. The molecule has 0 heterocycles. The third-order valence-corrected chi connectivity index (χ3v) is 6.21. The highest BCUT2D eigenvalue weighted by molar-refractivity contribution is 6.08. The minimum absolute atomic E-state index is 0.355. The Kier molecular flexibility index (Phi) is 11.1. The monoisotopic (exact) mass is 474 g/mol. The zero-order valence-electron chi connectivity index (χ0n) is 20.9. The molecule has 2 amide bonds. The molecule has 5 nitrogen and oxygen atoms in total. The van der Waals surface area contributed by atoms with E-state index >= 15 is 0 Å². The molecule has 0 fully saturated rings. The van der Waals surface area contributed by atoms with E-state index in [2.05, 4.69) is 17.8 Å². The summed E-state index contributed by atoms with van der Waals surface area (Å²) >= 11 is 0. The lowest BCUT2D eigenvalue weighted by atomic mass is 10.0. The van der Waals surface area contributed by atoms with Crippen LogP contribution in [0.3, 0.4) is 0 Å². The minimum Gasteiger partial charge on any atom is -0.494 e. The molecule has 0 bridgehead atoms. The Bertz CT molecular complexity index is 1060. The molecule has 0 atom stereocenters. The molecule has 3 rings (SSSR count). The molecule has 0 saturated heterocycles. The molecular weight excluding hydrogens is 436 g/mol. The Balaban J connectivity index is 1.33. The first-order valence-electron chi connectivity index (χ1n) is 13.0. The van der Waals surface area contributed by atoms with Crippen molar-refractivity contribution >= 4 is 22.6 Å². The second-order valence-corrected chi connectivity index (χ2v) is 8.99. The van der Waals surface area contributed by atoms with E-state index in [0.717, 1.165) is 22.9 Å². The molecular formula is C30H38N2O3. The molecule has 0 aliphatic rings. The SMILES string of the molecule is CCCCCCCCCCCCOc1ccc(C(=O)NNC(=O)c2cccc3ccccc23)cc1. The predicted octanol–water partition coefficient (Wildman–Crippen LogP) is 7.21. The minimum atomic E-state index is -0.375. The van der Waals surface area contributed by atoms with Gasteiger partial charge in [0, 0.05) is 11.1 Å². The van der Waals surface area contributed by atoms with Gasteiger partial charge in [0.2, 0.25) is 0 Å². The molecule has 35 heavy (non-hydrogen) atoms. The number of amides is 2.